The molecule has 0 amide bonds. The third-order valence-corrected chi connectivity index (χ3v) is 2.90. The standard InChI is InChI=1S/C12H14N2/c1-2-4-12(11-9-10(11)3-1)14-7-5-13-6-8-14/h1-4,9,13H,5-8H2. The summed E-state index contributed by atoms with van der Waals surface area (Å²) in [5.41, 5.74) is 4.26. The third kappa shape index (κ3) is 1.32. The number of hydrogen-bond donors (Lipinski definition) is 1. The number of piperazine rings is 1. The molecule has 1 N–H and O–H groups in total. The van der Waals surface area contributed by atoms with Gasteiger partial charge in [0.25, 0.3) is 0 Å². The molecule has 0 aromatic carbocycles. The first-order valence-corrected chi connectivity index (χ1v) is 5.22. The molecule has 1 aliphatic heterocycles. The van der Waals surface area contributed by atoms with E-state index in [9.17, 15) is 0 Å². The van der Waals surface area contributed by atoms with Crippen LogP contribution in [-0.2, 0) is 0 Å². The molecule has 2 heteroatoms. The molecular weight excluding hydrogens is 172 g/mol. The van der Waals surface area contributed by atoms with Gasteiger partial charge in [0.05, 0.1) is 0 Å². The Hall–Kier alpha value is -1.28. The third-order valence-electron chi connectivity index (χ3n) is 2.90. The number of rotatable bonds is 1. The molecule has 0 atom stereocenters. The molecule has 72 valence electrons. The van der Waals surface area contributed by atoms with Crippen LogP contribution in [0, 0.1) is 0 Å². The van der Waals surface area contributed by atoms with Crippen molar-refractivity contribution in [2.24, 2.45) is 0 Å². The van der Waals surface area contributed by atoms with Crippen LogP contribution in [0.3, 0.4) is 0 Å². The van der Waals surface area contributed by atoms with Crippen molar-refractivity contribution < 1.29 is 0 Å². The first-order valence-electron chi connectivity index (χ1n) is 5.22. The van der Waals surface area contributed by atoms with Gasteiger partial charge < -0.3 is 10.2 Å². The summed E-state index contributed by atoms with van der Waals surface area (Å²) in [5.74, 6) is 0. The molecule has 0 bridgehead atoms. The van der Waals surface area contributed by atoms with Crippen LogP contribution < -0.4 is 5.32 Å². The van der Waals surface area contributed by atoms with Crippen LogP contribution in [-0.4, -0.2) is 31.1 Å². The Morgan fingerprint density at radius 2 is 1.86 bits per heavy atom. The summed E-state index contributed by atoms with van der Waals surface area (Å²) in [7, 11) is 0. The van der Waals surface area contributed by atoms with E-state index in [0.29, 0.717) is 0 Å². The van der Waals surface area contributed by atoms with Crippen LogP contribution in [0.5, 0.6) is 0 Å². The summed E-state index contributed by atoms with van der Waals surface area (Å²) >= 11 is 0. The Bertz CT molecular complexity index is 366. The number of hydrogen-bond acceptors (Lipinski definition) is 2. The van der Waals surface area contributed by atoms with Crippen molar-refractivity contribution >= 4 is 0 Å². The summed E-state index contributed by atoms with van der Waals surface area (Å²) in [6, 6.07) is 0. The van der Waals surface area contributed by atoms with Crippen molar-refractivity contribution in [3.05, 3.63) is 47.2 Å². The van der Waals surface area contributed by atoms with Crippen molar-refractivity contribution in [3.63, 3.8) is 0 Å². The van der Waals surface area contributed by atoms with Crippen molar-refractivity contribution in [3.8, 4) is 0 Å². The van der Waals surface area contributed by atoms with Gasteiger partial charge in [-0.15, -0.1) is 0 Å². The van der Waals surface area contributed by atoms with Crippen molar-refractivity contribution in [1.82, 2.24) is 10.2 Å². The van der Waals surface area contributed by atoms with Gasteiger partial charge in [-0.1, -0.05) is 18.2 Å². The van der Waals surface area contributed by atoms with Crippen LogP contribution in [0.15, 0.2) is 47.2 Å². The number of nitrogens with zero attached hydrogens (tertiary/aromatic N) is 1. The summed E-state index contributed by atoms with van der Waals surface area (Å²) < 4.78 is 0. The van der Waals surface area contributed by atoms with Crippen LogP contribution in [0.2, 0.25) is 0 Å². The highest BCUT2D eigenvalue weighted by Crippen LogP contribution is 2.37. The Balaban J connectivity index is 1.83. The van der Waals surface area contributed by atoms with E-state index < -0.39 is 0 Å². The van der Waals surface area contributed by atoms with Crippen molar-refractivity contribution in [1.29, 1.82) is 0 Å². The maximum atomic E-state index is 3.38. The normalized spacial score (nSPS) is 24.6. The van der Waals surface area contributed by atoms with Gasteiger partial charge in [-0.2, -0.15) is 0 Å². The van der Waals surface area contributed by atoms with Gasteiger partial charge in [0.1, 0.15) is 0 Å². The van der Waals surface area contributed by atoms with Crippen molar-refractivity contribution in [2.45, 2.75) is 0 Å². The monoisotopic (exact) mass is 186 g/mol. The molecule has 0 aromatic heterocycles. The summed E-state index contributed by atoms with van der Waals surface area (Å²) in [5, 5.41) is 3.38. The number of allylic oxidation sites excluding steroid dienone is 6. The van der Waals surface area contributed by atoms with E-state index in [1.54, 1.807) is 0 Å². The second-order valence-electron chi connectivity index (χ2n) is 3.85. The van der Waals surface area contributed by atoms with Crippen LogP contribution in [0.1, 0.15) is 0 Å². The lowest BCUT2D eigenvalue weighted by molar-refractivity contribution is 0.306. The highest BCUT2D eigenvalue weighted by molar-refractivity contribution is 5.69. The van der Waals surface area contributed by atoms with Gasteiger partial charge in [-0.25, -0.2) is 0 Å². The topological polar surface area (TPSA) is 15.3 Å². The van der Waals surface area contributed by atoms with Crippen LogP contribution in [0.25, 0.3) is 0 Å². The minimum atomic E-state index is 1.10. The highest BCUT2D eigenvalue weighted by atomic mass is 15.2. The lowest BCUT2D eigenvalue weighted by Gasteiger charge is -2.30. The molecule has 1 saturated heterocycles. The van der Waals surface area contributed by atoms with E-state index in [2.05, 4.69) is 40.6 Å². The number of nitrogens with one attached hydrogen (secondary N) is 1. The van der Waals surface area contributed by atoms with Gasteiger partial charge in [0.2, 0.25) is 0 Å². The summed E-state index contributed by atoms with van der Waals surface area (Å²) in [6.07, 6.45) is 10.9. The van der Waals surface area contributed by atoms with Crippen LogP contribution in [0.4, 0.5) is 0 Å². The zero-order valence-electron chi connectivity index (χ0n) is 8.16. The molecule has 2 nitrogen and oxygen atoms in total. The predicted octanol–water partition coefficient (Wildman–Crippen LogP) is 1.21. The zero-order valence-corrected chi connectivity index (χ0v) is 8.16. The number of fused-ring (bicyclic) bond motifs is 1. The summed E-state index contributed by atoms with van der Waals surface area (Å²) in [4.78, 5) is 2.47. The SMILES string of the molecule is C1=CC=C(N2CCNCC2)C2=CC2=C1. The fraction of sp³-hybridized carbons (Fsp3) is 0.333. The maximum Gasteiger partial charge on any atom is 0.0447 e. The van der Waals surface area contributed by atoms with Gasteiger partial charge in [-0.3, -0.25) is 0 Å². The minimum Gasteiger partial charge on any atom is -0.368 e. The van der Waals surface area contributed by atoms with E-state index in [1.807, 2.05) is 0 Å². The van der Waals surface area contributed by atoms with Gasteiger partial charge in [0.15, 0.2) is 0 Å². The van der Waals surface area contributed by atoms with Gasteiger partial charge in [-0.05, 0) is 17.7 Å². The van der Waals surface area contributed by atoms with E-state index >= 15 is 0 Å². The van der Waals surface area contributed by atoms with Gasteiger partial charge >= 0.3 is 0 Å². The van der Waals surface area contributed by atoms with E-state index in [0.717, 1.165) is 26.2 Å². The second-order valence-corrected chi connectivity index (χ2v) is 3.85. The summed E-state index contributed by atoms with van der Waals surface area (Å²) in [6.45, 7) is 4.47. The molecule has 0 radical (unpaired) electrons. The average molecular weight is 186 g/mol. The highest BCUT2D eigenvalue weighted by Gasteiger charge is 2.25. The molecule has 2 aliphatic carbocycles. The molecular formula is C12H14N2. The Kier molecular flexibility index (Phi) is 1.81. The van der Waals surface area contributed by atoms with E-state index in [-0.39, 0.29) is 0 Å². The molecule has 1 fully saturated rings. The van der Waals surface area contributed by atoms with Crippen LogP contribution >= 0.6 is 0 Å². The van der Waals surface area contributed by atoms with Gasteiger partial charge in [0, 0.05) is 37.4 Å². The zero-order chi connectivity index (χ0) is 9.38. The predicted molar refractivity (Wildman–Crippen MR) is 57.8 cm³/mol. The molecule has 0 unspecified atom stereocenters. The van der Waals surface area contributed by atoms with E-state index in [4.69, 9.17) is 0 Å². The average Bonchev–Trinajstić information content (AvgIpc) is 2.97. The first kappa shape index (κ1) is 8.06. The second kappa shape index (κ2) is 3.14. The molecule has 0 saturated carbocycles. The lowest BCUT2D eigenvalue weighted by Crippen LogP contribution is -2.42. The fourth-order valence-electron chi connectivity index (χ4n) is 2.06. The molecule has 0 aromatic rings. The molecule has 3 rings (SSSR count). The smallest absolute Gasteiger partial charge is 0.0447 e. The van der Waals surface area contributed by atoms with Crippen molar-refractivity contribution in [2.75, 3.05) is 26.2 Å². The Labute approximate surface area is 84.3 Å². The quantitative estimate of drug-likeness (QED) is 0.662. The lowest BCUT2D eigenvalue weighted by atomic mass is 10.2. The first-order chi connectivity index (χ1) is 6.95. The largest absolute Gasteiger partial charge is 0.368 e. The molecule has 0 spiro atoms. The Morgan fingerprint density at radius 3 is 2.71 bits per heavy atom. The maximum absolute atomic E-state index is 3.38. The minimum absolute atomic E-state index is 1.10. The van der Waals surface area contributed by atoms with E-state index in [1.165, 1.54) is 16.8 Å². The molecule has 1 heterocycles. The molecule has 3 aliphatic rings. The Morgan fingerprint density at radius 1 is 1.07 bits per heavy atom. The molecule has 14 heavy (non-hydrogen) atoms. The fourth-order valence-corrected chi connectivity index (χ4v) is 2.06.